The van der Waals surface area contributed by atoms with E-state index in [0.717, 1.165) is 37.1 Å². The molecule has 2 heterocycles. The van der Waals surface area contributed by atoms with Crippen LogP contribution in [0.1, 0.15) is 43.5 Å². The van der Waals surface area contributed by atoms with Crippen LogP contribution in [0.2, 0.25) is 0 Å². The number of nitrogens with one attached hydrogen (secondary N) is 2. The van der Waals surface area contributed by atoms with E-state index in [4.69, 9.17) is 0 Å². The maximum Gasteiger partial charge on any atom is 0.260 e. The normalized spacial score (nSPS) is 21.9. The quantitative estimate of drug-likeness (QED) is 0.564. The molecule has 9 heteroatoms. The molecule has 1 saturated carbocycles. The Labute approximate surface area is 157 Å². The number of amides is 4. The smallest absolute Gasteiger partial charge is 0.260 e. The van der Waals surface area contributed by atoms with Gasteiger partial charge in [0.05, 0.1) is 17.5 Å². The van der Waals surface area contributed by atoms with Crippen molar-refractivity contribution < 1.29 is 19.2 Å². The van der Waals surface area contributed by atoms with Crippen molar-refractivity contribution in [2.24, 2.45) is 11.8 Å². The van der Waals surface area contributed by atoms with E-state index in [9.17, 15) is 19.2 Å². The molecule has 2 aliphatic rings. The van der Waals surface area contributed by atoms with Gasteiger partial charge >= 0.3 is 0 Å². The largest absolute Gasteiger partial charge is 0.282 e. The van der Waals surface area contributed by atoms with Crippen molar-refractivity contribution in [2.45, 2.75) is 52.5 Å². The number of hydrazine groups is 1. The van der Waals surface area contributed by atoms with Crippen LogP contribution in [0.3, 0.4) is 0 Å². The zero-order valence-corrected chi connectivity index (χ0v) is 15.7. The van der Waals surface area contributed by atoms with Gasteiger partial charge in [-0.15, -0.1) is 0 Å². The highest BCUT2D eigenvalue weighted by Crippen LogP contribution is 2.37. The Bertz CT molecular complexity index is 748. The molecule has 146 valence electrons. The lowest BCUT2D eigenvalue weighted by molar-refractivity contribution is -0.140. The van der Waals surface area contributed by atoms with Crippen LogP contribution >= 0.6 is 0 Å². The fourth-order valence-corrected chi connectivity index (χ4v) is 3.88. The molecule has 0 spiro atoms. The van der Waals surface area contributed by atoms with Crippen LogP contribution in [0.25, 0.3) is 0 Å². The van der Waals surface area contributed by atoms with Gasteiger partial charge in [-0.25, -0.2) is 0 Å². The topological polar surface area (TPSA) is 113 Å². The molecular formula is C18H25N5O4. The monoisotopic (exact) mass is 375 g/mol. The molecule has 2 N–H and O–H groups in total. The number of fused-ring (bicyclic) bond motifs is 1. The van der Waals surface area contributed by atoms with E-state index in [1.54, 1.807) is 4.68 Å². The first-order valence-corrected chi connectivity index (χ1v) is 9.31. The molecule has 0 radical (unpaired) electrons. The fraction of sp³-hybridized carbons (Fsp3) is 0.611. The minimum atomic E-state index is -0.452. The second-order valence-electron chi connectivity index (χ2n) is 7.26. The number of carbonyl (C=O) groups excluding carboxylic acids is 4. The number of likely N-dealkylation sites (tertiary alicyclic amines) is 1. The lowest BCUT2D eigenvalue weighted by atomic mass is 9.81. The van der Waals surface area contributed by atoms with Crippen molar-refractivity contribution in [3.8, 4) is 0 Å². The maximum atomic E-state index is 12.4. The molecule has 1 aromatic rings. The summed E-state index contributed by atoms with van der Waals surface area (Å²) in [6.07, 6.45) is 3.39. The number of hydrogen-bond acceptors (Lipinski definition) is 5. The predicted molar refractivity (Wildman–Crippen MR) is 94.8 cm³/mol. The van der Waals surface area contributed by atoms with E-state index in [2.05, 4.69) is 16.0 Å². The Morgan fingerprint density at radius 1 is 1.07 bits per heavy atom. The summed E-state index contributed by atoms with van der Waals surface area (Å²) in [5, 5.41) is 4.18. The van der Waals surface area contributed by atoms with Gasteiger partial charge in [0.25, 0.3) is 5.91 Å². The Morgan fingerprint density at radius 3 is 2.22 bits per heavy atom. The summed E-state index contributed by atoms with van der Waals surface area (Å²) >= 11 is 0. The third-order valence-electron chi connectivity index (χ3n) is 5.23. The summed E-state index contributed by atoms with van der Waals surface area (Å²) in [6.45, 7) is 3.71. The fourth-order valence-electron chi connectivity index (χ4n) is 3.88. The molecule has 27 heavy (non-hydrogen) atoms. The Kier molecular flexibility index (Phi) is 5.57. The second-order valence-corrected chi connectivity index (χ2v) is 7.26. The van der Waals surface area contributed by atoms with Gasteiger partial charge in [0.15, 0.2) is 0 Å². The standard InChI is InChI=1S/C18H25N5O4/c1-11-9-12(2)23(21-11)10-16(25)20-19-15(24)7-8-22-17(26)13-5-3-4-6-14(13)18(22)27/h9,13-14H,3-8,10H2,1-2H3,(H,19,24)(H,20,25)/t13-,14+. The Hall–Kier alpha value is -2.71. The Morgan fingerprint density at radius 2 is 1.67 bits per heavy atom. The molecule has 3 rings (SSSR count). The molecule has 2 fully saturated rings. The average molecular weight is 375 g/mol. The van der Waals surface area contributed by atoms with Crippen molar-refractivity contribution >= 4 is 23.6 Å². The van der Waals surface area contributed by atoms with Gasteiger partial charge in [-0.1, -0.05) is 12.8 Å². The summed E-state index contributed by atoms with van der Waals surface area (Å²) < 4.78 is 1.54. The van der Waals surface area contributed by atoms with Gasteiger partial charge in [0.1, 0.15) is 6.54 Å². The van der Waals surface area contributed by atoms with E-state index in [0.29, 0.717) is 0 Å². The minimum Gasteiger partial charge on any atom is -0.282 e. The zero-order valence-electron chi connectivity index (χ0n) is 15.7. The molecule has 1 aromatic heterocycles. The molecule has 1 aliphatic carbocycles. The third-order valence-corrected chi connectivity index (χ3v) is 5.23. The van der Waals surface area contributed by atoms with Crippen molar-refractivity contribution in [2.75, 3.05) is 6.54 Å². The highest BCUT2D eigenvalue weighted by Gasteiger charge is 2.47. The van der Waals surface area contributed by atoms with Crippen LogP contribution in [0.15, 0.2) is 6.07 Å². The average Bonchev–Trinajstić information content (AvgIpc) is 3.08. The molecule has 2 atom stereocenters. The van der Waals surface area contributed by atoms with Crippen molar-refractivity contribution in [1.29, 1.82) is 0 Å². The molecule has 0 aromatic carbocycles. The Balaban J connectivity index is 1.43. The number of aromatic nitrogens is 2. The number of carbonyl (C=O) groups is 4. The molecular weight excluding hydrogens is 350 g/mol. The van der Waals surface area contributed by atoms with Crippen molar-refractivity contribution in [1.82, 2.24) is 25.5 Å². The van der Waals surface area contributed by atoms with Gasteiger partial charge in [-0.05, 0) is 32.8 Å². The van der Waals surface area contributed by atoms with Gasteiger partial charge in [0, 0.05) is 18.7 Å². The van der Waals surface area contributed by atoms with E-state index in [-0.39, 0.29) is 43.2 Å². The maximum absolute atomic E-state index is 12.4. The first kappa shape index (κ1) is 19.1. The van der Waals surface area contributed by atoms with E-state index in [1.165, 1.54) is 4.90 Å². The molecule has 9 nitrogen and oxygen atoms in total. The minimum absolute atomic E-state index is 0.00753. The lowest BCUT2D eigenvalue weighted by Gasteiger charge is -2.19. The number of imide groups is 1. The number of rotatable bonds is 5. The van der Waals surface area contributed by atoms with E-state index >= 15 is 0 Å². The molecule has 1 aliphatic heterocycles. The SMILES string of the molecule is Cc1cc(C)n(CC(=O)NNC(=O)CCN2C(=O)[C@H]3CCCC[C@H]3C2=O)n1. The second kappa shape index (κ2) is 7.89. The number of nitrogens with zero attached hydrogens (tertiary/aromatic N) is 3. The summed E-state index contributed by atoms with van der Waals surface area (Å²) in [7, 11) is 0. The van der Waals surface area contributed by atoms with Crippen LogP contribution in [-0.4, -0.2) is 44.9 Å². The highest BCUT2D eigenvalue weighted by atomic mass is 16.2. The lowest BCUT2D eigenvalue weighted by Crippen LogP contribution is -2.44. The summed E-state index contributed by atoms with van der Waals surface area (Å²) in [6, 6.07) is 1.85. The summed E-state index contributed by atoms with van der Waals surface area (Å²) in [4.78, 5) is 49.8. The first-order valence-electron chi connectivity index (χ1n) is 9.31. The van der Waals surface area contributed by atoms with Gasteiger partial charge in [0.2, 0.25) is 17.7 Å². The number of hydrogen-bond donors (Lipinski definition) is 2. The van der Waals surface area contributed by atoms with Crippen LogP contribution in [0, 0.1) is 25.7 Å². The molecule has 0 unspecified atom stereocenters. The number of aryl methyl sites for hydroxylation is 2. The highest BCUT2D eigenvalue weighted by molar-refractivity contribution is 6.05. The molecule has 1 saturated heterocycles. The van der Waals surface area contributed by atoms with Gasteiger partial charge in [-0.3, -0.25) is 39.6 Å². The first-order chi connectivity index (χ1) is 12.9. The van der Waals surface area contributed by atoms with Gasteiger partial charge < -0.3 is 0 Å². The zero-order chi connectivity index (χ0) is 19.6. The van der Waals surface area contributed by atoms with Crippen molar-refractivity contribution in [3.63, 3.8) is 0 Å². The van der Waals surface area contributed by atoms with Crippen LogP contribution in [-0.2, 0) is 25.7 Å². The van der Waals surface area contributed by atoms with E-state index < -0.39 is 11.8 Å². The third kappa shape index (κ3) is 4.17. The summed E-state index contributed by atoms with van der Waals surface area (Å²) in [5.74, 6) is -1.61. The summed E-state index contributed by atoms with van der Waals surface area (Å²) in [5.41, 5.74) is 6.30. The van der Waals surface area contributed by atoms with Crippen LogP contribution in [0.5, 0.6) is 0 Å². The van der Waals surface area contributed by atoms with Crippen LogP contribution in [0.4, 0.5) is 0 Å². The van der Waals surface area contributed by atoms with E-state index in [1.807, 2.05) is 19.9 Å². The van der Waals surface area contributed by atoms with Crippen molar-refractivity contribution in [3.05, 3.63) is 17.5 Å². The molecule has 4 amide bonds. The predicted octanol–water partition coefficient (Wildman–Crippen LogP) is 0.213. The molecule has 0 bridgehead atoms. The van der Waals surface area contributed by atoms with Gasteiger partial charge in [-0.2, -0.15) is 5.10 Å². The van der Waals surface area contributed by atoms with Crippen LogP contribution < -0.4 is 10.9 Å².